The molecule has 0 aliphatic rings. The van der Waals surface area contributed by atoms with Crippen molar-refractivity contribution >= 4 is 28.2 Å². The Kier molecular flexibility index (Phi) is 4.74. The number of rotatable bonds is 5. The van der Waals surface area contributed by atoms with Crippen molar-refractivity contribution in [1.29, 1.82) is 0 Å². The van der Waals surface area contributed by atoms with Crippen LogP contribution < -0.4 is 5.32 Å². The second-order valence-corrected chi connectivity index (χ2v) is 5.44. The zero-order valence-electron chi connectivity index (χ0n) is 12.1. The molecule has 0 saturated carbocycles. The number of nitrogens with zero attached hydrogens (tertiary/aromatic N) is 1. The molecule has 7 heteroatoms. The summed E-state index contributed by atoms with van der Waals surface area (Å²) < 4.78 is 9.87. The van der Waals surface area contributed by atoms with Crippen molar-refractivity contribution in [3.63, 3.8) is 0 Å². The number of carbonyl (C=O) groups excluding carboxylic acids is 2. The number of aromatic nitrogens is 1. The number of esters is 1. The van der Waals surface area contributed by atoms with Gasteiger partial charge >= 0.3 is 5.97 Å². The Morgan fingerprint density at radius 2 is 2.14 bits per heavy atom. The summed E-state index contributed by atoms with van der Waals surface area (Å²) in [7, 11) is 0. The monoisotopic (exact) mass is 308 g/mol. The van der Waals surface area contributed by atoms with Crippen molar-refractivity contribution in [2.45, 2.75) is 27.2 Å². The van der Waals surface area contributed by atoms with Gasteiger partial charge in [0, 0.05) is 10.9 Å². The number of ether oxygens (including phenoxy) is 1. The summed E-state index contributed by atoms with van der Waals surface area (Å²) >= 11 is 1.35. The smallest absolute Gasteiger partial charge is 0.341 e. The number of aryl methyl sites for hydroxylation is 2. The van der Waals surface area contributed by atoms with Crippen LogP contribution in [-0.4, -0.2) is 23.6 Å². The summed E-state index contributed by atoms with van der Waals surface area (Å²) in [5.41, 5.74) is 0.543. The third-order valence-corrected chi connectivity index (χ3v) is 3.91. The van der Waals surface area contributed by atoms with E-state index in [0.29, 0.717) is 16.3 Å². The van der Waals surface area contributed by atoms with Gasteiger partial charge in [0.1, 0.15) is 10.8 Å². The average molecular weight is 308 g/mol. The van der Waals surface area contributed by atoms with E-state index in [0.717, 1.165) is 11.3 Å². The van der Waals surface area contributed by atoms with Crippen LogP contribution in [0.5, 0.6) is 0 Å². The summed E-state index contributed by atoms with van der Waals surface area (Å²) in [4.78, 5) is 25.0. The summed E-state index contributed by atoms with van der Waals surface area (Å²) in [6.07, 6.45) is 0.774. The zero-order valence-corrected chi connectivity index (χ0v) is 12.9. The fourth-order valence-electron chi connectivity index (χ4n) is 1.71. The van der Waals surface area contributed by atoms with Gasteiger partial charge in [-0.3, -0.25) is 4.79 Å². The lowest BCUT2D eigenvalue weighted by Gasteiger charge is -2.04. The molecule has 0 radical (unpaired) electrons. The van der Waals surface area contributed by atoms with Crippen LogP contribution in [0.2, 0.25) is 0 Å². The number of anilines is 1. The van der Waals surface area contributed by atoms with Crippen molar-refractivity contribution in [3.05, 3.63) is 34.0 Å². The molecule has 0 saturated heterocycles. The molecule has 0 aromatic carbocycles. The van der Waals surface area contributed by atoms with Crippen LogP contribution >= 0.6 is 11.3 Å². The minimum Gasteiger partial charge on any atom is -0.462 e. The molecular weight excluding hydrogens is 292 g/mol. The first-order valence-corrected chi connectivity index (χ1v) is 7.41. The Hall–Kier alpha value is -2.15. The molecule has 1 amide bonds. The highest BCUT2D eigenvalue weighted by molar-refractivity contribution is 7.16. The maximum Gasteiger partial charge on any atom is 0.341 e. The number of nitrogens with one attached hydrogen (secondary N) is 1. The first-order valence-electron chi connectivity index (χ1n) is 6.59. The highest BCUT2D eigenvalue weighted by Crippen LogP contribution is 2.29. The van der Waals surface area contributed by atoms with E-state index in [9.17, 15) is 9.59 Å². The first kappa shape index (κ1) is 15.2. The van der Waals surface area contributed by atoms with E-state index in [1.54, 1.807) is 19.9 Å². The van der Waals surface area contributed by atoms with Crippen LogP contribution in [0.1, 0.15) is 45.3 Å². The Morgan fingerprint density at radius 3 is 2.71 bits per heavy atom. The van der Waals surface area contributed by atoms with Crippen LogP contribution in [0.4, 0.5) is 5.00 Å². The summed E-state index contributed by atoms with van der Waals surface area (Å²) in [5, 5.41) is 6.81. The Bertz CT molecular complexity index is 660. The van der Waals surface area contributed by atoms with E-state index in [2.05, 4.69) is 10.5 Å². The average Bonchev–Trinajstić information content (AvgIpc) is 3.05. The molecule has 0 bridgehead atoms. The molecule has 2 aromatic rings. The molecule has 0 aliphatic carbocycles. The van der Waals surface area contributed by atoms with Gasteiger partial charge in [-0.05, 0) is 26.3 Å². The van der Waals surface area contributed by atoms with Crippen molar-refractivity contribution in [2.75, 3.05) is 11.9 Å². The van der Waals surface area contributed by atoms with E-state index in [1.807, 2.05) is 6.92 Å². The summed E-state index contributed by atoms with van der Waals surface area (Å²) in [6.45, 7) is 5.70. The summed E-state index contributed by atoms with van der Waals surface area (Å²) in [5.74, 6) is -0.312. The SMILES string of the molecule is CCOC(=O)c1cc(CC)sc1NC(=O)c1cc(C)on1. The van der Waals surface area contributed by atoms with E-state index in [4.69, 9.17) is 9.26 Å². The normalized spacial score (nSPS) is 10.4. The van der Waals surface area contributed by atoms with Gasteiger partial charge in [0.05, 0.1) is 12.2 Å². The molecule has 0 spiro atoms. The third-order valence-electron chi connectivity index (χ3n) is 2.71. The van der Waals surface area contributed by atoms with Gasteiger partial charge in [-0.15, -0.1) is 11.3 Å². The molecule has 6 nitrogen and oxygen atoms in total. The predicted octanol–water partition coefficient (Wildman–Crippen LogP) is 3.04. The highest BCUT2D eigenvalue weighted by Gasteiger charge is 2.20. The van der Waals surface area contributed by atoms with Gasteiger partial charge in [0.25, 0.3) is 5.91 Å². The maximum absolute atomic E-state index is 12.1. The largest absolute Gasteiger partial charge is 0.462 e. The van der Waals surface area contributed by atoms with Crippen LogP contribution in [0.25, 0.3) is 0 Å². The van der Waals surface area contributed by atoms with Crippen LogP contribution in [0.3, 0.4) is 0 Å². The van der Waals surface area contributed by atoms with E-state index < -0.39 is 11.9 Å². The second kappa shape index (κ2) is 6.53. The molecule has 0 unspecified atom stereocenters. The molecule has 21 heavy (non-hydrogen) atoms. The fourth-order valence-corrected chi connectivity index (χ4v) is 2.69. The molecular formula is C14H16N2O4S. The van der Waals surface area contributed by atoms with Gasteiger partial charge in [-0.2, -0.15) is 0 Å². The number of amides is 1. The number of carbonyl (C=O) groups is 2. The van der Waals surface area contributed by atoms with Crippen molar-refractivity contribution in [1.82, 2.24) is 5.16 Å². The molecule has 2 heterocycles. The Balaban J connectivity index is 2.24. The van der Waals surface area contributed by atoms with Gasteiger partial charge in [0.2, 0.25) is 0 Å². The minimum absolute atomic E-state index is 0.175. The Labute approximate surface area is 126 Å². The highest BCUT2D eigenvalue weighted by atomic mass is 32.1. The lowest BCUT2D eigenvalue weighted by molar-refractivity contribution is 0.0528. The first-order chi connectivity index (χ1) is 10.0. The molecule has 0 fully saturated rings. The molecule has 112 valence electrons. The van der Waals surface area contributed by atoms with Gasteiger partial charge in [-0.25, -0.2) is 4.79 Å². The van der Waals surface area contributed by atoms with E-state index >= 15 is 0 Å². The molecule has 2 rings (SSSR count). The third kappa shape index (κ3) is 3.49. The molecule has 1 N–H and O–H groups in total. The Morgan fingerprint density at radius 1 is 1.38 bits per heavy atom. The summed E-state index contributed by atoms with van der Waals surface area (Å²) in [6, 6.07) is 3.28. The van der Waals surface area contributed by atoms with Crippen LogP contribution in [0.15, 0.2) is 16.7 Å². The number of hydrogen-bond donors (Lipinski definition) is 1. The minimum atomic E-state index is -0.444. The van der Waals surface area contributed by atoms with E-state index in [1.165, 1.54) is 17.4 Å². The zero-order chi connectivity index (χ0) is 15.4. The molecule has 0 atom stereocenters. The van der Waals surface area contributed by atoms with Gasteiger partial charge in [-0.1, -0.05) is 12.1 Å². The lowest BCUT2D eigenvalue weighted by atomic mass is 10.2. The van der Waals surface area contributed by atoms with E-state index in [-0.39, 0.29) is 12.3 Å². The fraction of sp³-hybridized carbons (Fsp3) is 0.357. The maximum atomic E-state index is 12.1. The van der Waals surface area contributed by atoms with Gasteiger partial charge in [0.15, 0.2) is 5.69 Å². The van der Waals surface area contributed by atoms with Gasteiger partial charge < -0.3 is 14.6 Å². The second-order valence-electron chi connectivity index (χ2n) is 4.31. The predicted molar refractivity (Wildman–Crippen MR) is 78.8 cm³/mol. The van der Waals surface area contributed by atoms with Crippen LogP contribution in [0, 0.1) is 6.92 Å². The van der Waals surface area contributed by atoms with Crippen molar-refractivity contribution in [3.8, 4) is 0 Å². The lowest BCUT2D eigenvalue weighted by Crippen LogP contribution is -2.14. The molecule has 0 aliphatic heterocycles. The quantitative estimate of drug-likeness (QED) is 0.859. The van der Waals surface area contributed by atoms with Crippen molar-refractivity contribution in [2.24, 2.45) is 0 Å². The number of hydrogen-bond acceptors (Lipinski definition) is 6. The number of thiophene rings is 1. The molecule has 2 aromatic heterocycles. The van der Waals surface area contributed by atoms with Crippen LogP contribution in [-0.2, 0) is 11.2 Å². The standard InChI is InChI=1S/C14H16N2O4S/c1-4-9-7-10(14(18)19-5-2)13(21-9)15-12(17)11-6-8(3)20-16-11/h6-7H,4-5H2,1-3H3,(H,15,17). The topological polar surface area (TPSA) is 81.4 Å². The van der Waals surface area contributed by atoms with Crippen molar-refractivity contribution < 1.29 is 18.8 Å².